The number of benzene rings is 2. The highest BCUT2D eigenvalue weighted by Gasteiger charge is 2.36. The van der Waals surface area contributed by atoms with Crippen LogP contribution in [0.4, 0.5) is 24.5 Å². The van der Waals surface area contributed by atoms with E-state index in [1.807, 2.05) is 12.1 Å². The number of nitrogens with one attached hydrogen (secondary N) is 1. The molecule has 2 aromatic carbocycles. The Bertz CT molecular complexity index is 1030. The lowest BCUT2D eigenvalue weighted by molar-refractivity contribution is -0.137. The number of alkyl halides is 3. The summed E-state index contributed by atoms with van der Waals surface area (Å²) in [5.41, 5.74) is -0.439. The highest BCUT2D eigenvalue weighted by Crippen LogP contribution is 2.37. The largest absolute Gasteiger partial charge is 0.417 e. The molecule has 0 spiro atoms. The number of carbonyl (C=O) groups is 2. The van der Waals surface area contributed by atoms with Gasteiger partial charge < -0.3 is 5.32 Å². The van der Waals surface area contributed by atoms with Crippen LogP contribution >= 0.6 is 46.0 Å². The van der Waals surface area contributed by atoms with Crippen LogP contribution in [0.2, 0.25) is 5.02 Å². The van der Waals surface area contributed by atoms with Gasteiger partial charge in [0.25, 0.3) is 0 Å². The molecule has 3 rings (SSSR count). The number of carbonyl (C=O) groups excluding carboxylic acids is 2. The Morgan fingerprint density at radius 1 is 1.29 bits per heavy atom. The van der Waals surface area contributed by atoms with Gasteiger partial charge in [0, 0.05) is 22.2 Å². The number of aliphatic imine (C=N–C) groups is 1. The van der Waals surface area contributed by atoms with E-state index in [0.717, 1.165) is 27.5 Å². The lowest BCUT2D eigenvalue weighted by atomic mass is 10.2. The van der Waals surface area contributed by atoms with Crippen LogP contribution in [-0.2, 0) is 15.8 Å². The second-order valence-electron chi connectivity index (χ2n) is 6.50. The number of thioether (sulfide) groups is 1. The van der Waals surface area contributed by atoms with Crippen molar-refractivity contribution >= 4 is 74.3 Å². The van der Waals surface area contributed by atoms with E-state index in [1.54, 1.807) is 19.1 Å². The molecule has 0 radical (unpaired) electrons. The maximum atomic E-state index is 13.2. The fraction of sp³-hybridized carbons (Fsp3) is 0.250. The van der Waals surface area contributed by atoms with Crippen molar-refractivity contribution < 1.29 is 22.8 Å². The molecule has 31 heavy (non-hydrogen) atoms. The van der Waals surface area contributed by atoms with Gasteiger partial charge in [0.1, 0.15) is 5.25 Å². The van der Waals surface area contributed by atoms with Crippen LogP contribution in [0.3, 0.4) is 0 Å². The Labute approximate surface area is 199 Å². The van der Waals surface area contributed by atoms with Crippen LogP contribution < -0.4 is 5.32 Å². The normalized spacial score (nSPS) is 18.4. The van der Waals surface area contributed by atoms with E-state index in [1.165, 1.54) is 11.0 Å². The molecule has 1 heterocycles. The van der Waals surface area contributed by atoms with Crippen molar-refractivity contribution in [2.75, 3.05) is 11.9 Å². The Kier molecular flexibility index (Phi) is 7.53. The van der Waals surface area contributed by atoms with Gasteiger partial charge in [-0.3, -0.25) is 14.5 Å². The van der Waals surface area contributed by atoms with Gasteiger partial charge >= 0.3 is 6.18 Å². The number of nitrogens with zero attached hydrogens (tertiary/aromatic N) is 2. The van der Waals surface area contributed by atoms with Gasteiger partial charge in [0.15, 0.2) is 5.17 Å². The summed E-state index contributed by atoms with van der Waals surface area (Å²) in [5, 5.41) is 1.72. The molecule has 0 aliphatic carbocycles. The Hall–Kier alpha value is -1.79. The highest BCUT2D eigenvalue weighted by atomic mass is 127. The molecule has 0 aromatic heterocycles. The van der Waals surface area contributed by atoms with Crippen molar-refractivity contribution in [1.29, 1.82) is 0 Å². The van der Waals surface area contributed by atoms with Gasteiger partial charge in [0.05, 0.1) is 16.3 Å². The van der Waals surface area contributed by atoms with Crippen molar-refractivity contribution in [1.82, 2.24) is 4.90 Å². The number of amidine groups is 1. The van der Waals surface area contributed by atoms with Gasteiger partial charge in [-0.2, -0.15) is 13.2 Å². The maximum Gasteiger partial charge on any atom is 0.417 e. The van der Waals surface area contributed by atoms with Crippen molar-refractivity contribution in [3.8, 4) is 0 Å². The Morgan fingerprint density at radius 2 is 1.97 bits per heavy atom. The molecular weight excluding hydrogens is 566 g/mol. The molecule has 11 heteroatoms. The fourth-order valence-electron chi connectivity index (χ4n) is 2.82. The van der Waals surface area contributed by atoms with Crippen LogP contribution in [0.15, 0.2) is 47.5 Å². The lowest BCUT2D eigenvalue weighted by Gasteiger charge is -2.31. The first kappa shape index (κ1) is 23.9. The maximum absolute atomic E-state index is 13.2. The van der Waals surface area contributed by atoms with E-state index in [9.17, 15) is 22.8 Å². The second-order valence-corrected chi connectivity index (χ2v) is 9.32. The molecule has 2 aromatic rings. The van der Waals surface area contributed by atoms with Crippen LogP contribution in [0.25, 0.3) is 0 Å². The summed E-state index contributed by atoms with van der Waals surface area (Å²) in [5.74, 6) is -0.706. The molecular formula is C20H16ClF3IN3O2S. The molecule has 1 fully saturated rings. The smallest absolute Gasteiger partial charge is 0.325 e. The predicted octanol–water partition coefficient (Wildman–Crippen LogP) is 5.94. The summed E-state index contributed by atoms with van der Waals surface area (Å²) < 4.78 is 40.5. The van der Waals surface area contributed by atoms with E-state index >= 15 is 0 Å². The van der Waals surface area contributed by atoms with Gasteiger partial charge in [-0.1, -0.05) is 23.4 Å². The average Bonchev–Trinajstić information content (AvgIpc) is 2.70. The molecule has 0 bridgehead atoms. The molecule has 1 aliphatic heterocycles. The first-order valence-electron chi connectivity index (χ1n) is 9.07. The summed E-state index contributed by atoms with van der Waals surface area (Å²) in [6, 6.07) is 10.4. The number of halogens is 5. The number of hydrogen-bond donors (Lipinski definition) is 1. The van der Waals surface area contributed by atoms with Crippen LogP contribution in [0.5, 0.6) is 0 Å². The zero-order valence-corrected chi connectivity index (χ0v) is 19.8. The Balaban J connectivity index is 1.87. The Morgan fingerprint density at radius 3 is 2.58 bits per heavy atom. The second kappa shape index (κ2) is 9.78. The number of anilines is 1. The molecule has 2 amide bonds. The van der Waals surface area contributed by atoms with Crippen LogP contribution in [0, 0.1) is 3.57 Å². The molecule has 1 saturated heterocycles. The number of amides is 2. The molecule has 164 valence electrons. The van der Waals surface area contributed by atoms with Crippen LogP contribution in [-0.4, -0.2) is 33.7 Å². The van der Waals surface area contributed by atoms with Crippen molar-refractivity contribution in [2.45, 2.75) is 24.8 Å². The van der Waals surface area contributed by atoms with Gasteiger partial charge in [-0.25, -0.2) is 4.99 Å². The van der Waals surface area contributed by atoms with E-state index in [-0.39, 0.29) is 35.6 Å². The predicted molar refractivity (Wildman–Crippen MR) is 125 cm³/mol. The standard InChI is InChI=1S/C20H16ClF3IN3O2S/c1-2-28-17(29)10-16(18(30)26-12-5-3-11(25)4-6-12)31-19(28)27-13-7-8-15(21)14(9-13)20(22,23)24/h3-9,16H,2,10H2,1H3,(H,26,30). The minimum absolute atomic E-state index is 0.0100. The third-order valence-corrected chi connectivity index (χ3v) is 6.58. The van der Waals surface area contributed by atoms with Gasteiger partial charge in [-0.15, -0.1) is 0 Å². The van der Waals surface area contributed by atoms with Crippen molar-refractivity contribution in [2.24, 2.45) is 4.99 Å². The SMILES string of the molecule is CCN1C(=O)CC(C(=O)Nc2ccc(I)cc2)SC1=Nc1ccc(Cl)c(C(F)(F)F)c1. The first-order chi connectivity index (χ1) is 14.6. The monoisotopic (exact) mass is 581 g/mol. The summed E-state index contributed by atoms with van der Waals surface area (Å²) in [4.78, 5) is 30.8. The minimum atomic E-state index is -4.64. The summed E-state index contributed by atoms with van der Waals surface area (Å²) in [6.45, 7) is 2.00. The molecule has 0 saturated carbocycles. The van der Waals surface area contributed by atoms with Gasteiger partial charge in [-0.05, 0) is 72.0 Å². The van der Waals surface area contributed by atoms with E-state index < -0.39 is 22.0 Å². The zero-order chi connectivity index (χ0) is 22.8. The quantitative estimate of drug-likeness (QED) is 0.455. The molecule has 1 atom stereocenters. The van der Waals surface area contributed by atoms with Crippen LogP contribution in [0.1, 0.15) is 18.9 Å². The first-order valence-corrected chi connectivity index (χ1v) is 11.4. The third-order valence-electron chi connectivity index (χ3n) is 4.34. The van der Waals surface area contributed by atoms with E-state index in [0.29, 0.717) is 5.69 Å². The third kappa shape index (κ3) is 5.92. The lowest BCUT2D eigenvalue weighted by Crippen LogP contribution is -2.45. The molecule has 1 N–H and O–H groups in total. The highest BCUT2D eigenvalue weighted by molar-refractivity contribution is 14.1. The fourth-order valence-corrected chi connectivity index (χ4v) is 4.57. The summed E-state index contributed by atoms with van der Waals surface area (Å²) in [7, 11) is 0. The molecule has 5 nitrogen and oxygen atoms in total. The van der Waals surface area contributed by atoms with E-state index in [4.69, 9.17) is 11.6 Å². The molecule has 1 unspecified atom stereocenters. The van der Waals surface area contributed by atoms with E-state index in [2.05, 4.69) is 32.9 Å². The molecule has 1 aliphatic rings. The summed E-state index contributed by atoms with van der Waals surface area (Å²) >= 11 is 8.84. The number of hydrogen-bond acceptors (Lipinski definition) is 4. The van der Waals surface area contributed by atoms with Crippen molar-refractivity contribution in [3.05, 3.63) is 56.6 Å². The number of rotatable bonds is 4. The van der Waals surface area contributed by atoms with Gasteiger partial charge in [0.2, 0.25) is 11.8 Å². The van der Waals surface area contributed by atoms with Crippen molar-refractivity contribution in [3.63, 3.8) is 0 Å². The minimum Gasteiger partial charge on any atom is -0.325 e. The summed E-state index contributed by atoms with van der Waals surface area (Å²) in [6.07, 6.45) is -4.68. The topological polar surface area (TPSA) is 61.8 Å². The average molecular weight is 582 g/mol. The zero-order valence-electron chi connectivity index (χ0n) is 16.0.